The van der Waals surface area contributed by atoms with Crippen molar-refractivity contribution in [1.82, 2.24) is 15.1 Å². The first-order valence-electron chi connectivity index (χ1n) is 8.38. The van der Waals surface area contributed by atoms with Crippen LogP contribution in [0.4, 0.5) is 0 Å². The zero-order chi connectivity index (χ0) is 14.4. The highest BCUT2D eigenvalue weighted by Crippen LogP contribution is 2.17. The monoisotopic (exact) mass is 281 g/mol. The Hall–Kier alpha value is -0.610. The van der Waals surface area contributed by atoms with Crippen LogP contribution >= 0.6 is 0 Å². The van der Waals surface area contributed by atoms with Gasteiger partial charge in [-0.05, 0) is 51.2 Å². The highest BCUT2D eigenvalue weighted by atomic mass is 16.2. The average molecular weight is 281 g/mol. The Morgan fingerprint density at radius 3 is 2.65 bits per heavy atom. The SMILES string of the molecule is CC(C)NCC1CCCN(C(=O)CCN2CCCC2)C1. The van der Waals surface area contributed by atoms with Gasteiger partial charge in [0, 0.05) is 32.1 Å². The number of hydrogen-bond acceptors (Lipinski definition) is 3. The lowest BCUT2D eigenvalue weighted by Gasteiger charge is -2.33. The Morgan fingerprint density at radius 1 is 1.20 bits per heavy atom. The molecule has 2 aliphatic heterocycles. The number of likely N-dealkylation sites (tertiary alicyclic amines) is 2. The predicted octanol–water partition coefficient (Wildman–Crippen LogP) is 1.71. The van der Waals surface area contributed by atoms with Gasteiger partial charge in [-0.1, -0.05) is 13.8 Å². The molecule has 0 aromatic carbocycles. The van der Waals surface area contributed by atoms with Crippen LogP contribution in [0.2, 0.25) is 0 Å². The molecule has 1 unspecified atom stereocenters. The summed E-state index contributed by atoms with van der Waals surface area (Å²) in [5.74, 6) is 1.01. The van der Waals surface area contributed by atoms with Crippen molar-refractivity contribution in [2.75, 3.05) is 39.3 Å². The first kappa shape index (κ1) is 15.8. The molecule has 2 fully saturated rings. The zero-order valence-electron chi connectivity index (χ0n) is 13.2. The third kappa shape index (κ3) is 5.06. The van der Waals surface area contributed by atoms with Crippen LogP contribution < -0.4 is 5.32 Å². The van der Waals surface area contributed by atoms with E-state index in [1.807, 2.05) is 0 Å². The molecule has 1 N–H and O–H groups in total. The number of nitrogens with zero attached hydrogens (tertiary/aromatic N) is 2. The fourth-order valence-corrected chi connectivity index (χ4v) is 3.28. The van der Waals surface area contributed by atoms with Crippen molar-refractivity contribution in [3.8, 4) is 0 Å². The number of hydrogen-bond donors (Lipinski definition) is 1. The number of rotatable bonds is 6. The van der Waals surface area contributed by atoms with Gasteiger partial charge in [0.25, 0.3) is 0 Å². The van der Waals surface area contributed by atoms with Gasteiger partial charge in [0.1, 0.15) is 0 Å². The fourth-order valence-electron chi connectivity index (χ4n) is 3.28. The summed E-state index contributed by atoms with van der Waals surface area (Å²) in [6.45, 7) is 10.7. The molecule has 0 aromatic rings. The minimum Gasteiger partial charge on any atom is -0.342 e. The molecule has 4 heteroatoms. The number of amides is 1. The van der Waals surface area contributed by atoms with Crippen molar-refractivity contribution in [3.63, 3.8) is 0 Å². The van der Waals surface area contributed by atoms with Gasteiger partial charge in [0.05, 0.1) is 0 Å². The number of nitrogens with one attached hydrogen (secondary N) is 1. The van der Waals surface area contributed by atoms with Crippen molar-refractivity contribution in [3.05, 3.63) is 0 Å². The van der Waals surface area contributed by atoms with Gasteiger partial charge in [0.15, 0.2) is 0 Å². The van der Waals surface area contributed by atoms with Crippen molar-refractivity contribution in [2.24, 2.45) is 5.92 Å². The lowest BCUT2D eigenvalue weighted by Crippen LogP contribution is -2.44. The van der Waals surface area contributed by atoms with Gasteiger partial charge in [-0.15, -0.1) is 0 Å². The van der Waals surface area contributed by atoms with E-state index in [0.29, 0.717) is 24.3 Å². The standard InChI is InChI=1S/C16H31N3O/c1-14(2)17-12-15-6-5-10-19(13-15)16(20)7-11-18-8-3-4-9-18/h14-15,17H,3-13H2,1-2H3. The molecule has 4 nitrogen and oxygen atoms in total. The smallest absolute Gasteiger partial charge is 0.223 e. The summed E-state index contributed by atoms with van der Waals surface area (Å²) in [7, 11) is 0. The summed E-state index contributed by atoms with van der Waals surface area (Å²) >= 11 is 0. The van der Waals surface area contributed by atoms with Crippen LogP contribution in [0.25, 0.3) is 0 Å². The second-order valence-corrected chi connectivity index (χ2v) is 6.71. The molecule has 20 heavy (non-hydrogen) atoms. The van der Waals surface area contributed by atoms with Crippen molar-refractivity contribution in [2.45, 2.75) is 52.0 Å². The van der Waals surface area contributed by atoms with E-state index in [4.69, 9.17) is 0 Å². The molecule has 0 aliphatic carbocycles. The maximum Gasteiger partial charge on any atom is 0.223 e. The minimum atomic E-state index is 0.367. The molecule has 0 saturated carbocycles. The molecule has 2 rings (SSSR count). The van der Waals surface area contributed by atoms with E-state index in [1.54, 1.807) is 0 Å². The van der Waals surface area contributed by atoms with Gasteiger partial charge in [0.2, 0.25) is 5.91 Å². The third-order valence-corrected chi connectivity index (χ3v) is 4.53. The predicted molar refractivity (Wildman–Crippen MR) is 82.7 cm³/mol. The van der Waals surface area contributed by atoms with Gasteiger partial charge in [-0.2, -0.15) is 0 Å². The summed E-state index contributed by atoms with van der Waals surface area (Å²) in [4.78, 5) is 16.9. The summed E-state index contributed by atoms with van der Waals surface area (Å²) in [5.41, 5.74) is 0. The highest BCUT2D eigenvalue weighted by molar-refractivity contribution is 5.76. The van der Waals surface area contributed by atoms with Gasteiger partial charge in [-0.25, -0.2) is 0 Å². The molecule has 0 bridgehead atoms. The molecule has 0 aromatic heterocycles. The maximum atomic E-state index is 12.3. The molecule has 1 atom stereocenters. The Labute approximate surface area is 123 Å². The van der Waals surface area contributed by atoms with Crippen LogP contribution in [0.15, 0.2) is 0 Å². The quantitative estimate of drug-likeness (QED) is 0.805. The van der Waals surface area contributed by atoms with E-state index < -0.39 is 0 Å². The third-order valence-electron chi connectivity index (χ3n) is 4.53. The highest BCUT2D eigenvalue weighted by Gasteiger charge is 2.24. The van der Waals surface area contributed by atoms with Crippen LogP contribution in [0.5, 0.6) is 0 Å². The first-order chi connectivity index (χ1) is 9.65. The number of piperidine rings is 1. The second-order valence-electron chi connectivity index (χ2n) is 6.71. The summed E-state index contributed by atoms with van der Waals surface area (Å²) < 4.78 is 0. The minimum absolute atomic E-state index is 0.367. The van der Waals surface area contributed by atoms with Crippen LogP contribution in [0, 0.1) is 5.92 Å². The second kappa shape index (κ2) is 7.99. The number of carbonyl (C=O) groups is 1. The van der Waals surface area contributed by atoms with Crippen LogP contribution in [0.1, 0.15) is 46.0 Å². The van der Waals surface area contributed by atoms with Gasteiger partial charge < -0.3 is 15.1 Å². The van der Waals surface area contributed by atoms with Crippen molar-refractivity contribution >= 4 is 5.91 Å². The normalized spacial score (nSPS) is 24.6. The van der Waals surface area contributed by atoms with Crippen molar-refractivity contribution in [1.29, 1.82) is 0 Å². The Morgan fingerprint density at radius 2 is 1.95 bits per heavy atom. The Bertz CT molecular complexity index is 300. The Kier molecular flexibility index (Phi) is 6.30. The molecule has 2 saturated heterocycles. The van der Waals surface area contributed by atoms with Gasteiger partial charge in [-0.3, -0.25) is 4.79 Å². The summed E-state index contributed by atoms with van der Waals surface area (Å²) in [6.07, 6.45) is 5.75. The average Bonchev–Trinajstić information content (AvgIpc) is 2.96. The van der Waals surface area contributed by atoms with Crippen LogP contribution in [0.3, 0.4) is 0 Å². The Balaban J connectivity index is 1.68. The van der Waals surface area contributed by atoms with E-state index in [-0.39, 0.29) is 0 Å². The van der Waals surface area contributed by atoms with Crippen LogP contribution in [-0.4, -0.2) is 61.0 Å². The topological polar surface area (TPSA) is 35.6 Å². The molecule has 0 radical (unpaired) electrons. The molecule has 0 spiro atoms. The van der Waals surface area contributed by atoms with E-state index in [0.717, 1.165) is 26.2 Å². The summed E-state index contributed by atoms with van der Waals surface area (Å²) in [5, 5.41) is 3.51. The molecular formula is C16H31N3O. The summed E-state index contributed by atoms with van der Waals surface area (Å²) in [6, 6.07) is 0.538. The van der Waals surface area contributed by atoms with E-state index in [1.165, 1.54) is 38.8 Å². The number of carbonyl (C=O) groups excluding carboxylic acids is 1. The fraction of sp³-hybridized carbons (Fsp3) is 0.938. The van der Waals surface area contributed by atoms with Crippen molar-refractivity contribution < 1.29 is 4.79 Å². The van der Waals surface area contributed by atoms with Gasteiger partial charge >= 0.3 is 0 Å². The lowest BCUT2D eigenvalue weighted by molar-refractivity contribution is -0.133. The largest absolute Gasteiger partial charge is 0.342 e. The molecule has 116 valence electrons. The zero-order valence-corrected chi connectivity index (χ0v) is 13.2. The molecule has 2 aliphatic rings. The molecule has 2 heterocycles. The maximum absolute atomic E-state index is 12.3. The van der Waals surface area contributed by atoms with E-state index >= 15 is 0 Å². The molecular weight excluding hydrogens is 250 g/mol. The van der Waals surface area contributed by atoms with E-state index in [9.17, 15) is 4.79 Å². The molecule has 1 amide bonds. The lowest BCUT2D eigenvalue weighted by atomic mass is 9.97. The van der Waals surface area contributed by atoms with E-state index in [2.05, 4.69) is 29.0 Å². The van der Waals surface area contributed by atoms with Crippen LogP contribution in [-0.2, 0) is 4.79 Å². The first-order valence-corrected chi connectivity index (χ1v) is 8.38.